The lowest BCUT2D eigenvalue weighted by molar-refractivity contribution is -0.142. The molecule has 6 heteroatoms. The van der Waals surface area contributed by atoms with E-state index < -0.39 is 0 Å². The third kappa shape index (κ3) is 3.04. The van der Waals surface area contributed by atoms with Gasteiger partial charge in [-0.2, -0.15) is 0 Å². The van der Waals surface area contributed by atoms with E-state index in [1.165, 1.54) is 18.9 Å². The molecule has 14 heavy (non-hydrogen) atoms. The second-order valence-electron chi connectivity index (χ2n) is 2.57. The Bertz CT molecular complexity index is 276. The monoisotopic (exact) mass is 215 g/mol. The van der Waals surface area contributed by atoms with Gasteiger partial charge in [0, 0.05) is 18.1 Å². The number of aromatic amines is 1. The van der Waals surface area contributed by atoms with Gasteiger partial charge in [-0.25, -0.2) is 4.98 Å². The Morgan fingerprint density at radius 3 is 3.14 bits per heavy atom. The predicted octanol–water partition coefficient (Wildman–Crippen LogP) is 0.263. The van der Waals surface area contributed by atoms with Gasteiger partial charge in [0.15, 0.2) is 5.16 Å². The first kappa shape index (κ1) is 11.1. The molecule has 0 aromatic carbocycles. The Balaban J connectivity index is 2.38. The van der Waals surface area contributed by atoms with E-state index in [-0.39, 0.29) is 12.0 Å². The molecule has 0 bridgehead atoms. The lowest BCUT2D eigenvalue weighted by Gasteiger charge is -2.11. The van der Waals surface area contributed by atoms with Gasteiger partial charge < -0.3 is 15.0 Å². The minimum Gasteiger partial charge on any atom is -0.468 e. The maximum Gasteiger partial charge on any atom is 0.323 e. The highest BCUT2D eigenvalue weighted by molar-refractivity contribution is 7.99. The van der Waals surface area contributed by atoms with Crippen molar-refractivity contribution in [3.8, 4) is 0 Å². The first-order valence-electron chi connectivity index (χ1n) is 4.15. The topological polar surface area (TPSA) is 67.0 Å². The number of likely N-dealkylation sites (N-methyl/N-ethyl adjacent to an activating group) is 1. The Hall–Kier alpha value is -1.01. The first-order chi connectivity index (χ1) is 6.77. The van der Waals surface area contributed by atoms with Crippen molar-refractivity contribution in [2.45, 2.75) is 11.2 Å². The van der Waals surface area contributed by atoms with Crippen LogP contribution in [0.3, 0.4) is 0 Å². The molecule has 2 N–H and O–H groups in total. The molecular formula is C8H13N3O2S. The van der Waals surface area contributed by atoms with Crippen molar-refractivity contribution in [2.75, 3.05) is 19.9 Å². The third-order valence-corrected chi connectivity index (χ3v) is 2.69. The molecule has 1 rings (SSSR count). The molecule has 0 amide bonds. The van der Waals surface area contributed by atoms with Crippen molar-refractivity contribution in [1.82, 2.24) is 15.3 Å². The fourth-order valence-corrected chi connectivity index (χ4v) is 1.82. The van der Waals surface area contributed by atoms with E-state index in [4.69, 9.17) is 0 Å². The zero-order valence-corrected chi connectivity index (χ0v) is 8.93. The highest BCUT2D eigenvalue weighted by Crippen LogP contribution is 2.13. The van der Waals surface area contributed by atoms with E-state index in [2.05, 4.69) is 20.0 Å². The Labute approximate surface area is 86.6 Å². The SMILES string of the molecule is CNC(CSc1ncc[nH]1)C(=O)OC. The molecule has 1 unspecified atom stereocenters. The zero-order chi connectivity index (χ0) is 10.4. The normalized spacial score (nSPS) is 12.4. The van der Waals surface area contributed by atoms with Gasteiger partial charge in [-0.3, -0.25) is 4.79 Å². The van der Waals surface area contributed by atoms with Crippen LogP contribution in [0.15, 0.2) is 17.6 Å². The number of carbonyl (C=O) groups is 1. The van der Waals surface area contributed by atoms with E-state index in [1.54, 1.807) is 19.4 Å². The summed E-state index contributed by atoms with van der Waals surface area (Å²) in [6.45, 7) is 0. The van der Waals surface area contributed by atoms with Gasteiger partial charge in [-0.05, 0) is 7.05 Å². The molecule has 0 aliphatic heterocycles. The largest absolute Gasteiger partial charge is 0.468 e. The van der Waals surface area contributed by atoms with Crippen LogP contribution >= 0.6 is 11.8 Å². The lowest BCUT2D eigenvalue weighted by atomic mass is 10.3. The minimum atomic E-state index is -0.296. The molecule has 5 nitrogen and oxygen atoms in total. The average molecular weight is 215 g/mol. The molecule has 1 aromatic rings. The van der Waals surface area contributed by atoms with Crippen LogP contribution in [-0.4, -0.2) is 41.9 Å². The molecule has 0 saturated carbocycles. The Kier molecular flexibility index (Phi) is 4.48. The van der Waals surface area contributed by atoms with Crippen molar-refractivity contribution in [3.63, 3.8) is 0 Å². The van der Waals surface area contributed by atoms with Crippen LogP contribution in [0.5, 0.6) is 0 Å². The summed E-state index contributed by atoms with van der Waals surface area (Å²) in [5, 5.41) is 3.68. The number of H-pyrrole nitrogens is 1. The van der Waals surface area contributed by atoms with E-state index >= 15 is 0 Å². The summed E-state index contributed by atoms with van der Waals surface area (Å²) < 4.78 is 4.63. The molecule has 0 saturated heterocycles. The summed E-state index contributed by atoms with van der Waals surface area (Å²) in [6, 6.07) is -0.296. The molecule has 0 spiro atoms. The van der Waals surface area contributed by atoms with Crippen molar-refractivity contribution >= 4 is 17.7 Å². The molecule has 0 aliphatic rings. The van der Waals surface area contributed by atoms with E-state index in [1.807, 2.05) is 0 Å². The smallest absolute Gasteiger partial charge is 0.323 e. The fourth-order valence-electron chi connectivity index (χ4n) is 0.903. The number of ether oxygens (including phenoxy) is 1. The van der Waals surface area contributed by atoms with Crippen molar-refractivity contribution in [2.24, 2.45) is 0 Å². The molecule has 0 fully saturated rings. The van der Waals surface area contributed by atoms with E-state index in [0.29, 0.717) is 5.75 Å². The van der Waals surface area contributed by atoms with Crippen LogP contribution in [0.25, 0.3) is 0 Å². The quantitative estimate of drug-likeness (QED) is 0.545. The van der Waals surface area contributed by atoms with Crippen molar-refractivity contribution in [3.05, 3.63) is 12.4 Å². The molecular weight excluding hydrogens is 202 g/mol. The zero-order valence-electron chi connectivity index (χ0n) is 8.11. The number of methoxy groups -OCH3 is 1. The number of imidazole rings is 1. The number of hydrogen-bond donors (Lipinski definition) is 2. The highest BCUT2D eigenvalue weighted by Gasteiger charge is 2.17. The second kappa shape index (κ2) is 5.66. The van der Waals surface area contributed by atoms with Crippen LogP contribution in [0.1, 0.15) is 0 Å². The average Bonchev–Trinajstić information content (AvgIpc) is 2.71. The highest BCUT2D eigenvalue weighted by atomic mass is 32.2. The van der Waals surface area contributed by atoms with Crippen LogP contribution < -0.4 is 5.32 Å². The van der Waals surface area contributed by atoms with Crippen LogP contribution in [0.2, 0.25) is 0 Å². The van der Waals surface area contributed by atoms with Crippen molar-refractivity contribution < 1.29 is 9.53 Å². The number of aromatic nitrogens is 2. The van der Waals surface area contributed by atoms with Crippen LogP contribution in [0, 0.1) is 0 Å². The lowest BCUT2D eigenvalue weighted by Crippen LogP contribution is -2.37. The van der Waals surface area contributed by atoms with Crippen LogP contribution in [-0.2, 0) is 9.53 Å². The van der Waals surface area contributed by atoms with Gasteiger partial charge in [0.25, 0.3) is 0 Å². The maximum absolute atomic E-state index is 11.2. The number of nitrogens with one attached hydrogen (secondary N) is 2. The Morgan fingerprint density at radius 1 is 1.86 bits per heavy atom. The standard InChI is InChI=1S/C8H13N3O2S/c1-9-6(7(12)13-2)5-14-8-10-3-4-11-8/h3-4,6,9H,5H2,1-2H3,(H,10,11). The van der Waals surface area contributed by atoms with Gasteiger partial charge in [0.1, 0.15) is 6.04 Å². The summed E-state index contributed by atoms with van der Waals surface area (Å²) in [7, 11) is 3.11. The summed E-state index contributed by atoms with van der Waals surface area (Å²) in [4.78, 5) is 18.2. The second-order valence-corrected chi connectivity index (χ2v) is 3.58. The van der Waals surface area contributed by atoms with E-state index in [0.717, 1.165) is 5.16 Å². The third-order valence-electron chi connectivity index (χ3n) is 1.69. The molecule has 0 radical (unpaired) electrons. The number of nitrogens with zero attached hydrogens (tertiary/aromatic N) is 1. The van der Waals surface area contributed by atoms with Gasteiger partial charge in [0.2, 0.25) is 0 Å². The summed E-state index contributed by atoms with van der Waals surface area (Å²) >= 11 is 1.47. The maximum atomic E-state index is 11.2. The van der Waals surface area contributed by atoms with Gasteiger partial charge in [-0.15, -0.1) is 0 Å². The van der Waals surface area contributed by atoms with Gasteiger partial charge >= 0.3 is 5.97 Å². The number of hydrogen-bond acceptors (Lipinski definition) is 5. The number of esters is 1. The first-order valence-corrected chi connectivity index (χ1v) is 5.13. The number of thioether (sulfide) groups is 1. The van der Waals surface area contributed by atoms with Crippen molar-refractivity contribution in [1.29, 1.82) is 0 Å². The summed E-state index contributed by atoms with van der Waals surface area (Å²) in [5.74, 6) is 0.336. The van der Waals surface area contributed by atoms with Gasteiger partial charge in [-0.1, -0.05) is 11.8 Å². The molecule has 1 atom stereocenters. The van der Waals surface area contributed by atoms with Gasteiger partial charge in [0.05, 0.1) is 7.11 Å². The predicted molar refractivity (Wildman–Crippen MR) is 54.2 cm³/mol. The molecule has 1 aromatic heterocycles. The number of rotatable bonds is 5. The van der Waals surface area contributed by atoms with Crippen LogP contribution in [0.4, 0.5) is 0 Å². The summed E-state index contributed by atoms with van der Waals surface area (Å²) in [5.41, 5.74) is 0. The molecule has 0 aliphatic carbocycles. The number of carbonyl (C=O) groups excluding carboxylic acids is 1. The minimum absolute atomic E-state index is 0.258. The van der Waals surface area contributed by atoms with E-state index in [9.17, 15) is 4.79 Å². The fraction of sp³-hybridized carbons (Fsp3) is 0.500. The molecule has 78 valence electrons. The molecule has 1 heterocycles. The summed E-state index contributed by atoms with van der Waals surface area (Å²) in [6.07, 6.45) is 3.42. The Morgan fingerprint density at radius 2 is 2.64 bits per heavy atom.